The van der Waals surface area contributed by atoms with Gasteiger partial charge >= 0.3 is 0 Å². The highest BCUT2D eigenvalue weighted by atomic mass is 16.2. The first-order valence-electron chi connectivity index (χ1n) is 5.47. The maximum absolute atomic E-state index is 11.7. The second kappa shape index (κ2) is 3.31. The molecular formula is C11H18N4O. The van der Waals surface area contributed by atoms with E-state index < -0.39 is 5.54 Å². The van der Waals surface area contributed by atoms with Crippen LogP contribution >= 0.6 is 0 Å². The van der Waals surface area contributed by atoms with Crippen LogP contribution < -0.4 is 11.1 Å². The van der Waals surface area contributed by atoms with Crippen LogP contribution in [0.15, 0.2) is 6.07 Å². The molecule has 88 valence electrons. The Morgan fingerprint density at radius 2 is 2.19 bits per heavy atom. The second-order valence-electron chi connectivity index (χ2n) is 5.53. The van der Waals surface area contributed by atoms with Gasteiger partial charge < -0.3 is 11.1 Å². The summed E-state index contributed by atoms with van der Waals surface area (Å²) in [6, 6.07) is 1.85. The zero-order valence-corrected chi connectivity index (χ0v) is 9.92. The van der Waals surface area contributed by atoms with Gasteiger partial charge in [-0.15, -0.1) is 0 Å². The van der Waals surface area contributed by atoms with Crippen molar-refractivity contribution < 1.29 is 4.79 Å². The third-order valence-electron chi connectivity index (χ3n) is 2.87. The highest BCUT2D eigenvalue weighted by Crippen LogP contribution is 2.33. The van der Waals surface area contributed by atoms with E-state index in [-0.39, 0.29) is 11.3 Å². The highest BCUT2D eigenvalue weighted by molar-refractivity contribution is 5.99. The number of rotatable bonds is 2. The van der Waals surface area contributed by atoms with E-state index in [0.29, 0.717) is 5.82 Å². The van der Waals surface area contributed by atoms with Gasteiger partial charge in [-0.05, 0) is 12.8 Å². The summed E-state index contributed by atoms with van der Waals surface area (Å²) >= 11 is 0. The van der Waals surface area contributed by atoms with Crippen molar-refractivity contribution in [3.05, 3.63) is 11.8 Å². The third-order valence-corrected chi connectivity index (χ3v) is 2.87. The van der Waals surface area contributed by atoms with Gasteiger partial charge in [-0.2, -0.15) is 5.10 Å². The number of hydrogen-bond donors (Lipinski definition) is 3. The Morgan fingerprint density at radius 1 is 1.56 bits per heavy atom. The molecule has 0 aliphatic heterocycles. The molecule has 2 rings (SSSR count). The second-order valence-corrected chi connectivity index (χ2v) is 5.53. The molecule has 0 unspecified atom stereocenters. The van der Waals surface area contributed by atoms with Crippen molar-refractivity contribution in [2.75, 3.05) is 5.32 Å². The van der Waals surface area contributed by atoms with Crippen LogP contribution in [-0.4, -0.2) is 21.6 Å². The SMILES string of the molecule is CC(C)(C)c1cc(NC(=O)C2(N)CC2)n[nH]1. The largest absolute Gasteiger partial charge is 0.317 e. The van der Waals surface area contributed by atoms with Gasteiger partial charge in [0, 0.05) is 17.2 Å². The molecular weight excluding hydrogens is 204 g/mol. The lowest BCUT2D eigenvalue weighted by Crippen LogP contribution is -2.37. The predicted molar refractivity (Wildman–Crippen MR) is 62.1 cm³/mol. The normalized spacial score (nSPS) is 18.2. The number of aromatic amines is 1. The molecule has 0 atom stereocenters. The molecule has 1 aromatic rings. The molecule has 5 nitrogen and oxygen atoms in total. The van der Waals surface area contributed by atoms with Crippen LogP contribution in [0.25, 0.3) is 0 Å². The Kier molecular flexibility index (Phi) is 2.31. The van der Waals surface area contributed by atoms with Crippen molar-refractivity contribution in [2.45, 2.75) is 44.6 Å². The van der Waals surface area contributed by atoms with Crippen LogP contribution in [0.5, 0.6) is 0 Å². The maximum Gasteiger partial charge on any atom is 0.245 e. The van der Waals surface area contributed by atoms with Gasteiger partial charge in [0.05, 0.1) is 5.54 Å². The number of hydrogen-bond acceptors (Lipinski definition) is 3. The maximum atomic E-state index is 11.7. The number of amides is 1. The number of aromatic nitrogens is 2. The molecule has 1 heterocycles. The number of carbonyl (C=O) groups excluding carboxylic acids is 1. The van der Waals surface area contributed by atoms with E-state index in [9.17, 15) is 4.79 Å². The number of nitrogens with two attached hydrogens (primary N) is 1. The lowest BCUT2D eigenvalue weighted by atomic mass is 9.92. The fraction of sp³-hybridized carbons (Fsp3) is 0.636. The summed E-state index contributed by atoms with van der Waals surface area (Å²) in [6.07, 6.45) is 1.52. The molecule has 1 aliphatic rings. The molecule has 5 heteroatoms. The molecule has 0 bridgehead atoms. The Balaban J connectivity index is 2.06. The van der Waals surface area contributed by atoms with Crippen LogP contribution in [0, 0.1) is 0 Å². The lowest BCUT2D eigenvalue weighted by Gasteiger charge is -2.14. The van der Waals surface area contributed by atoms with E-state index in [0.717, 1.165) is 18.5 Å². The van der Waals surface area contributed by atoms with E-state index in [2.05, 4.69) is 36.3 Å². The molecule has 0 aromatic carbocycles. The fourth-order valence-corrected chi connectivity index (χ4v) is 1.37. The van der Waals surface area contributed by atoms with Crippen molar-refractivity contribution in [3.8, 4) is 0 Å². The number of nitrogens with one attached hydrogen (secondary N) is 2. The van der Waals surface area contributed by atoms with Crippen molar-refractivity contribution in [1.82, 2.24) is 10.2 Å². The Hall–Kier alpha value is -1.36. The van der Waals surface area contributed by atoms with Gasteiger partial charge in [0.15, 0.2) is 5.82 Å². The van der Waals surface area contributed by atoms with Crippen molar-refractivity contribution in [1.29, 1.82) is 0 Å². The minimum absolute atomic E-state index is 0.00401. The Bertz CT molecular complexity index is 412. The van der Waals surface area contributed by atoms with Gasteiger partial charge in [-0.25, -0.2) is 0 Å². The van der Waals surface area contributed by atoms with Gasteiger partial charge in [0.2, 0.25) is 5.91 Å². The summed E-state index contributed by atoms with van der Waals surface area (Å²) in [6.45, 7) is 6.24. The molecule has 16 heavy (non-hydrogen) atoms. The van der Waals surface area contributed by atoms with Gasteiger partial charge in [0.25, 0.3) is 0 Å². The molecule has 1 fully saturated rings. The first-order chi connectivity index (χ1) is 7.31. The van der Waals surface area contributed by atoms with E-state index in [4.69, 9.17) is 5.73 Å². The molecule has 1 aromatic heterocycles. The Morgan fingerprint density at radius 3 is 2.62 bits per heavy atom. The molecule has 1 amide bonds. The fourth-order valence-electron chi connectivity index (χ4n) is 1.37. The smallest absolute Gasteiger partial charge is 0.245 e. The number of nitrogens with zero attached hydrogens (tertiary/aromatic N) is 1. The standard InChI is InChI=1S/C11H18N4O/c1-10(2,3)7-6-8(15-14-7)13-9(16)11(12)4-5-11/h6H,4-5,12H2,1-3H3,(H2,13,14,15,16). The summed E-state index contributed by atoms with van der Waals surface area (Å²) in [4.78, 5) is 11.7. The summed E-state index contributed by atoms with van der Waals surface area (Å²) < 4.78 is 0. The molecule has 1 saturated carbocycles. The zero-order chi connectivity index (χ0) is 12.0. The summed E-state index contributed by atoms with van der Waals surface area (Å²) in [5, 5.41) is 9.70. The van der Waals surface area contributed by atoms with Crippen LogP contribution in [0.1, 0.15) is 39.3 Å². The number of H-pyrrole nitrogens is 1. The molecule has 0 spiro atoms. The minimum atomic E-state index is -0.652. The van der Waals surface area contributed by atoms with Crippen LogP contribution in [-0.2, 0) is 10.2 Å². The minimum Gasteiger partial charge on any atom is -0.317 e. The summed E-state index contributed by atoms with van der Waals surface area (Å²) in [7, 11) is 0. The molecule has 1 aliphatic carbocycles. The Labute approximate surface area is 94.8 Å². The summed E-state index contributed by atoms with van der Waals surface area (Å²) in [5.74, 6) is 0.408. The number of anilines is 1. The van der Waals surface area contributed by atoms with Crippen molar-refractivity contribution in [3.63, 3.8) is 0 Å². The van der Waals surface area contributed by atoms with Crippen LogP contribution in [0.3, 0.4) is 0 Å². The van der Waals surface area contributed by atoms with Crippen molar-refractivity contribution >= 4 is 11.7 Å². The highest BCUT2D eigenvalue weighted by Gasteiger charge is 2.46. The topological polar surface area (TPSA) is 83.8 Å². The van der Waals surface area contributed by atoms with Gasteiger partial charge in [0.1, 0.15) is 0 Å². The molecule has 0 saturated heterocycles. The predicted octanol–water partition coefficient (Wildman–Crippen LogP) is 1.14. The van der Waals surface area contributed by atoms with Crippen LogP contribution in [0.4, 0.5) is 5.82 Å². The van der Waals surface area contributed by atoms with Gasteiger partial charge in [-0.3, -0.25) is 9.89 Å². The monoisotopic (exact) mass is 222 g/mol. The molecule has 0 radical (unpaired) electrons. The first kappa shape index (κ1) is 11.1. The lowest BCUT2D eigenvalue weighted by molar-refractivity contribution is -0.118. The van der Waals surface area contributed by atoms with Crippen LogP contribution in [0.2, 0.25) is 0 Å². The summed E-state index contributed by atoms with van der Waals surface area (Å²) in [5.41, 5.74) is 6.11. The van der Waals surface area contributed by atoms with Crippen molar-refractivity contribution in [2.24, 2.45) is 5.73 Å². The van der Waals surface area contributed by atoms with Gasteiger partial charge in [-0.1, -0.05) is 20.8 Å². The molecule has 4 N–H and O–H groups in total. The van der Waals surface area contributed by atoms with E-state index in [1.54, 1.807) is 0 Å². The average molecular weight is 222 g/mol. The van der Waals surface area contributed by atoms with E-state index in [1.807, 2.05) is 6.07 Å². The quantitative estimate of drug-likeness (QED) is 0.701. The van der Waals surface area contributed by atoms with E-state index >= 15 is 0 Å². The number of carbonyl (C=O) groups is 1. The average Bonchev–Trinajstić information content (AvgIpc) is 2.75. The van der Waals surface area contributed by atoms with E-state index in [1.165, 1.54) is 0 Å². The zero-order valence-electron chi connectivity index (χ0n) is 9.92. The third kappa shape index (κ3) is 2.09. The first-order valence-corrected chi connectivity index (χ1v) is 5.47.